The molecule has 0 spiro atoms. The van der Waals surface area contributed by atoms with E-state index in [2.05, 4.69) is 19.7 Å². The van der Waals surface area contributed by atoms with Gasteiger partial charge in [0.1, 0.15) is 10.7 Å². The number of anilines is 1. The number of amidine groups is 1. The Balaban J connectivity index is 1.60. The zero-order valence-corrected chi connectivity index (χ0v) is 13.0. The molecule has 7 heteroatoms. The lowest BCUT2D eigenvalue weighted by molar-refractivity contribution is 0.597. The van der Waals surface area contributed by atoms with Crippen molar-refractivity contribution in [2.75, 3.05) is 5.32 Å². The first-order valence-electron chi connectivity index (χ1n) is 7.24. The summed E-state index contributed by atoms with van der Waals surface area (Å²) in [6.07, 6.45) is 4.70. The molecule has 0 unspecified atom stereocenters. The Bertz CT molecular complexity index is 1020. The topological polar surface area (TPSA) is 87.2 Å². The van der Waals surface area contributed by atoms with E-state index in [1.165, 1.54) is 6.07 Å². The molecule has 2 aromatic heterocycles. The van der Waals surface area contributed by atoms with Gasteiger partial charge in [0.15, 0.2) is 5.82 Å². The Morgan fingerprint density at radius 3 is 2.83 bits per heavy atom. The molecule has 0 saturated heterocycles. The minimum atomic E-state index is -3.67. The van der Waals surface area contributed by atoms with E-state index < -0.39 is 10.0 Å². The van der Waals surface area contributed by atoms with Crippen LogP contribution < -0.4 is 5.32 Å². The normalized spacial score (nSPS) is 15.7. The standard InChI is InChI=1S/C16H14N4O2S/c21-23(22)14-6-3-9-17-16(14)19-15(20-23)8-7-11-10-18-13-5-2-1-4-12(11)13/h1-6,9-10,18H,7-8H2,(H,17,19,20). The van der Waals surface area contributed by atoms with Crippen LogP contribution in [0.3, 0.4) is 0 Å². The second-order valence-electron chi connectivity index (χ2n) is 5.35. The van der Waals surface area contributed by atoms with E-state index in [1.807, 2.05) is 30.5 Å². The summed E-state index contributed by atoms with van der Waals surface area (Å²) in [5, 5.41) is 4.16. The third-order valence-corrected chi connectivity index (χ3v) is 5.19. The van der Waals surface area contributed by atoms with Gasteiger partial charge < -0.3 is 10.3 Å². The van der Waals surface area contributed by atoms with Crippen LogP contribution >= 0.6 is 0 Å². The van der Waals surface area contributed by atoms with Gasteiger partial charge in [0.25, 0.3) is 10.0 Å². The van der Waals surface area contributed by atoms with E-state index in [0.717, 1.165) is 16.5 Å². The van der Waals surface area contributed by atoms with Gasteiger partial charge in [-0.25, -0.2) is 4.98 Å². The minimum Gasteiger partial charge on any atom is -0.361 e. The highest BCUT2D eigenvalue weighted by molar-refractivity contribution is 7.90. The van der Waals surface area contributed by atoms with E-state index in [0.29, 0.717) is 24.5 Å². The Hall–Kier alpha value is -2.67. The fraction of sp³-hybridized carbons (Fsp3) is 0.125. The zero-order valence-electron chi connectivity index (χ0n) is 12.2. The number of hydrogen-bond donors (Lipinski definition) is 2. The highest BCUT2D eigenvalue weighted by Crippen LogP contribution is 2.26. The van der Waals surface area contributed by atoms with E-state index in [1.54, 1.807) is 12.3 Å². The quantitative estimate of drug-likeness (QED) is 0.774. The monoisotopic (exact) mass is 326 g/mol. The number of H-pyrrole nitrogens is 1. The number of pyridine rings is 1. The molecule has 0 bridgehead atoms. The SMILES string of the molecule is O=S1(=O)N=C(CCc2c[nH]c3ccccc23)Nc2ncccc21. The van der Waals surface area contributed by atoms with E-state index in [4.69, 9.17) is 0 Å². The van der Waals surface area contributed by atoms with Crippen molar-refractivity contribution in [3.05, 3.63) is 54.4 Å². The van der Waals surface area contributed by atoms with Crippen LogP contribution in [0.2, 0.25) is 0 Å². The van der Waals surface area contributed by atoms with Crippen LogP contribution in [0, 0.1) is 0 Å². The predicted molar refractivity (Wildman–Crippen MR) is 89.1 cm³/mol. The summed E-state index contributed by atoms with van der Waals surface area (Å²) >= 11 is 0. The smallest absolute Gasteiger partial charge is 0.287 e. The number of fused-ring (bicyclic) bond motifs is 2. The molecule has 2 N–H and O–H groups in total. The van der Waals surface area contributed by atoms with Gasteiger partial charge in [-0.1, -0.05) is 18.2 Å². The number of aromatic nitrogens is 2. The molecule has 0 radical (unpaired) electrons. The minimum absolute atomic E-state index is 0.121. The largest absolute Gasteiger partial charge is 0.361 e. The summed E-state index contributed by atoms with van der Waals surface area (Å²) < 4.78 is 28.2. The molecule has 1 aromatic carbocycles. The molecule has 0 amide bonds. The van der Waals surface area contributed by atoms with Gasteiger partial charge in [0, 0.05) is 29.7 Å². The summed E-state index contributed by atoms with van der Waals surface area (Å²) in [5.41, 5.74) is 2.20. The average molecular weight is 326 g/mol. The molecule has 1 aliphatic rings. The van der Waals surface area contributed by atoms with Crippen LogP contribution in [0.25, 0.3) is 10.9 Å². The number of para-hydroxylation sites is 1. The number of nitrogens with one attached hydrogen (secondary N) is 2. The number of sulfonamides is 1. The summed E-state index contributed by atoms with van der Waals surface area (Å²) in [6, 6.07) is 11.1. The van der Waals surface area contributed by atoms with Crippen molar-refractivity contribution in [1.82, 2.24) is 9.97 Å². The second-order valence-corrected chi connectivity index (χ2v) is 6.92. The summed E-state index contributed by atoms with van der Waals surface area (Å²) in [7, 11) is -3.67. The first-order valence-corrected chi connectivity index (χ1v) is 8.68. The Labute approximate surface area is 133 Å². The molecule has 116 valence electrons. The highest BCUT2D eigenvalue weighted by Gasteiger charge is 2.25. The van der Waals surface area contributed by atoms with Gasteiger partial charge in [-0.3, -0.25) is 0 Å². The van der Waals surface area contributed by atoms with Crippen LogP contribution in [0.5, 0.6) is 0 Å². The van der Waals surface area contributed by atoms with E-state index >= 15 is 0 Å². The Morgan fingerprint density at radius 1 is 1.04 bits per heavy atom. The van der Waals surface area contributed by atoms with Crippen molar-refractivity contribution in [2.45, 2.75) is 17.7 Å². The van der Waals surface area contributed by atoms with Crippen LogP contribution in [0.4, 0.5) is 5.82 Å². The maximum atomic E-state index is 12.2. The van der Waals surface area contributed by atoms with Crippen molar-refractivity contribution in [2.24, 2.45) is 4.40 Å². The number of nitrogens with zero attached hydrogens (tertiary/aromatic N) is 2. The van der Waals surface area contributed by atoms with Gasteiger partial charge in [-0.2, -0.15) is 8.42 Å². The highest BCUT2D eigenvalue weighted by atomic mass is 32.2. The number of aromatic amines is 1. The molecule has 3 aromatic rings. The second kappa shape index (κ2) is 5.20. The fourth-order valence-electron chi connectivity index (χ4n) is 2.75. The summed E-state index contributed by atoms with van der Waals surface area (Å²) in [5.74, 6) is 0.762. The number of aryl methyl sites for hydroxylation is 1. The molecular formula is C16H14N4O2S. The molecule has 0 fully saturated rings. The zero-order chi connectivity index (χ0) is 15.9. The van der Waals surface area contributed by atoms with Crippen LogP contribution in [-0.2, 0) is 16.4 Å². The summed E-state index contributed by atoms with van der Waals surface area (Å²) in [6.45, 7) is 0. The van der Waals surface area contributed by atoms with Crippen molar-refractivity contribution in [3.8, 4) is 0 Å². The summed E-state index contributed by atoms with van der Waals surface area (Å²) in [4.78, 5) is 7.42. The lowest BCUT2D eigenvalue weighted by atomic mass is 10.1. The fourth-order valence-corrected chi connectivity index (χ4v) is 3.87. The maximum absolute atomic E-state index is 12.2. The predicted octanol–water partition coefficient (Wildman–Crippen LogP) is 2.71. The van der Waals surface area contributed by atoms with E-state index in [-0.39, 0.29) is 4.90 Å². The maximum Gasteiger partial charge on any atom is 0.287 e. The molecular weight excluding hydrogens is 312 g/mol. The van der Waals surface area contributed by atoms with Gasteiger partial charge in [-0.05, 0) is 30.2 Å². The lowest BCUT2D eigenvalue weighted by Crippen LogP contribution is -2.22. The average Bonchev–Trinajstić information content (AvgIpc) is 2.96. The Morgan fingerprint density at radius 2 is 1.91 bits per heavy atom. The van der Waals surface area contributed by atoms with Gasteiger partial charge in [0.2, 0.25) is 0 Å². The molecule has 0 aliphatic carbocycles. The van der Waals surface area contributed by atoms with E-state index in [9.17, 15) is 8.42 Å². The Kier molecular flexibility index (Phi) is 3.16. The third kappa shape index (κ3) is 2.49. The lowest BCUT2D eigenvalue weighted by Gasteiger charge is -2.16. The molecule has 0 atom stereocenters. The molecule has 3 heterocycles. The van der Waals surface area contributed by atoms with Crippen molar-refractivity contribution < 1.29 is 8.42 Å². The number of hydrogen-bond acceptors (Lipinski definition) is 4. The van der Waals surface area contributed by atoms with Crippen molar-refractivity contribution >= 4 is 32.6 Å². The number of rotatable bonds is 3. The third-order valence-electron chi connectivity index (χ3n) is 3.85. The number of benzene rings is 1. The molecule has 4 rings (SSSR count). The van der Waals surface area contributed by atoms with Crippen LogP contribution in [0.1, 0.15) is 12.0 Å². The van der Waals surface area contributed by atoms with Gasteiger partial charge in [0.05, 0.1) is 0 Å². The molecule has 6 nitrogen and oxygen atoms in total. The first kappa shape index (κ1) is 14.0. The molecule has 23 heavy (non-hydrogen) atoms. The first-order chi connectivity index (χ1) is 11.1. The molecule has 0 saturated carbocycles. The van der Waals surface area contributed by atoms with Gasteiger partial charge in [-0.15, -0.1) is 4.40 Å². The van der Waals surface area contributed by atoms with Gasteiger partial charge >= 0.3 is 0 Å². The molecule has 1 aliphatic heterocycles. The van der Waals surface area contributed by atoms with Crippen LogP contribution in [0.15, 0.2) is 58.1 Å². The van der Waals surface area contributed by atoms with Crippen LogP contribution in [-0.4, -0.2) is 24.2 Å². The van der Waals surface area contributed by atoms with Crippen molar-refractivity contribution in [3.63, 3.8) is 0 Å². The van der Waals surface area contributed by atoms with Crippen molar-refractivity contribution in [1.29, 1.82) is 0 Å².